The molecule has 1 heterocycles. The molecule has 7 heteroatoms. The fraction of sp³-hybridized carbons (Fsp3) is 0. The van der Waals surface area contributed by atoms with Crippen LogP contribution in [0.2, 0.25) is 0 Å². The molecule has 0 fully saturated rings. The SMILES string of the molecule is N#Cc1cc(N)c(Oc2ncc(Br)cc2F)c(I)c1. The predicted molar refractivity (Wildman–Crippen MR) is 80.3 cm³/mol. The largest absolute Gasteiger partial charge is 0.433 e. The molecule has 1 aromatic heterocycles. The van der Waals surface area contributed by atoms with Crippen LogP contribution >= 0.6 is 38.5 Å². The van der Waals surface area contributed by atoms with Gasteiger partial charge in [-0.1, -0.05) is 0 Å². The standard InChI is InChI=1S/C12H6BrFIN3O/c13-7-3-8(14)12(18-5-7)19-11-9(15)1-6(4-16)2-10(11)17/h1-3,5H,17H2. The van der Waals surface area contributed by atoms with Gasteiger partial charge in [-0.3, -0.25) is 0 Å². The van der Waals surface area contributed by atoms with Crippen molar-refractivity contribution < 1.29 is 9.13 Å². The van der Waals surface area contributed by atoms with Crippen LogP contribution in [0, 0.1) is 20.7 Å². The van der Waals surface area contributed by atoms with Gasteiger partial charge in [0.25, 0.3) is 5.88 Å². The van der Waals surface area contributed by atoms with E-state index in [1.54, 1.807) is 6.07 Å². The Kier molecular flexibility index (Phi) is 4.21. The number of hydrogen-bond donors (Lipinski definition) is 1. The van der Waals surface area contributed by atoms with E-state index in [-0.39, 0.29) is 17.3 Å². The molecule has 0 bridgehead atoms. The molecule has 0 amide bonds. The summed E-state index contributed by atoms with van der Waals surface area (Å²) >= 11 is 5.07. The molecule has 2 rings (SSSR count). The fourth-order valence-electron chi connectivity index (χ4n) is 1.36. The van der Waals surface area contributed by atoms with Crippen LogP contribution in [0.3, 0.4) is 0 Å². The molecule has 0 atom stereocenters. The van der Waals surface area contributed by atoms with E-state index >= 15 is 0 Å². The molecule has 1 aromatic carbocycles. The molecule has 0 saturated heterocycles. The van der Waals surface area contributed by atoms with Crippen molar-refractivity contribution in [3.8, 4) is 17.7 Å². The summed E-state index contributed by atoms with van der Waals surface area (Å²) in [5.41, 5.74) is 6.46. The molecule has 0 aliphatic heterocycles. The average Bonchev–Trinajstić information content (AvgIpc) is 2.35. The van der Waals surface area contributed by atoms with Crippen molar-refractivity contribution >= 4 is 44.2 Å². The Morgan fingerprint density at radius 2 is 2.16 bits per heavy atom. The van der Waals surface area contributed by atoms with E-state index in [0.717, 1.165) is 0 Å². The van der Waals surface area contributed by atoms with Crippen molar-refractivity contribution in [2.45, 2.75) is 0 Å². The molecule has 2 N–H and O–H groups in total. The molecule has 0 spiro atoms. The van der Waals surface area contributed by atoms with Crippen molar-refractivity contribution in [3.63, 3.8) is 0 Å². The maximum atomic E-state index is 13.6. The normalized spacial score (nSPS) is 10.0. The molecular formula is C12H6BrFIN3O. The van der Waals surface area contributed by atoms with Gasteiger partial charge >= 0.3 is 0 Å². The van der Waals surface area contributed by atoms with Crippen LogP contribution in [-0.4, -0.2) is 4.98 Å². The highest BCUT2D eigenvalue weighted by Crippen LogP contribution is 2.34. The number of pyridine rings is 1. The third kappa shape index (κ3) is 3.13. The number of aromatic nitrogens is 1. The number of hydrogen-bond acceptors (Lipinski definition) is 4. The average molecular weight is 434 g/mol. The second-order valence-corrected chi connectivity index (χ2v) is 5.61. The van der Waals surface area contributed by atoms with E-state index in [2.05, 4.69) is 20.9 Å². The van der Waals surface area contributed by atoms with E-state index in [9.17, 15) is 4.39 Å². The van der Waals surface area contributed by atoms with E-state index in [1.807, 2.05) is 28.7 Å². The Hall–Kier alpha value is -1.40. The Balaban J connectivity index is 2.41. The number of rotatable bonds is 2. The van der Waals surface area contributed by atoms with Crippen LogP contribution in [-0.2, 0) is 0 Å². The van der Waals surface area contributed by atoms with Crippen LogP contribution in [0.4, 0.5) is 10.1 Å². The monoisotopic (exact) mass is 433 g/mol. The lowest BCUT2D eigenvalue weighted by Gasteiger charge is -2.10. The first-order valence-electron chi connectivity index (χ1n) is 4.99. The summed E-state index contributed by atoms with van der Waals surface area (Å²) in [7, 11) is 0. The van der Waals surface area contributed by atoms with Gasteiger partial charge in [0.05, 0.1) is 20.9 Å². The number of benzene rings is 1. The number of nitrogens with two attached hydrogens (primary N) is 1. The number of nitriles is 1. The minimum absolute atomic E-state index is 0.169. The van der Waals surface area contributed by atoms with E-state index in [0.29, 0.717) is 13.6 Å². The Labute approximate surface area is 130 Å². The summed E-state index contributed by atoms with van der Waals surface area (Å²) in [4.78, 5) is 3.83. The van der Waals surface area contributed by atoms with Crippen molar-refractivity contribution in [3.05, 3.63) is 43.8 Å². The number of ether oxygens (including phenoxy) is 1. The zero-order valence-electron chi connectivity index (χ0n) is 9.32. The van der Waals surface area contributed by atoms with Crippen molar-refractivity contribution in [2.75, 3.05) is 5.73 Å². The molecule has 0 unspecified atom stereocenters. The Morgan fingerprint density at radius 1 is 1.42 bits per heavy atom. The van der Waals surface area contributed by atoms with E-state index < -0.39 is 5.82 Å². The van der Waals surface area contributed by atoms with Gasteiger partial charge in [-0.2, -0.15) is 5.26 Å². The van der Waals surface area contributed by atoms with Gasteiger partial charge in [-0.25, -0.2) is 9.37 Å². The first-order valence-corrected chi connectivity index (χ1v) is 6.86. The molecular weight excluding hydrogens is 428 g/mol. The lowest BCUT2D eigenvalue weighted by atomic mass is 10.2. The summed E-state index contributed by atoms with van der Waals surface area (Å²) in [6.07, 6.45) is 1.42. The second-order valence-electron chi connectivity index (χ2n) is 3.53. The smallest absolute Gasteiger partial charge is 0.256 e. The van der Waals surface area contributed by atoms with Gasteiger partial charge in [0, 0.05) is 10.7 Å². The minimum atomic E-state index is -0.603. The summed E-state index contributed by atoms with van der Waals surface area (Å²) in [5.74, 6) is -0.486. The van der Waals surface area contributed by atoms with Crippen molar-refractivity contribution in [1.29, 1.82) is 5.26 Å². The second kappa shape index (κ2) is 5.71. The zero-order chi connectivity index (χ0) is 14.0. The first-order chi connectivity index (χ1) is 9.01. The van der Waals surface area contributed by atoms with Gasteiger partial charge in [0.1, 0.15) is 0 Å². The van der Waals surface area contributed by atoms with Gasteiger partial charge in [0.15, 0.2) is 11.6 Å². The van der Waals surface area contributed by atoms with Crippen LogP contribution in [0.1, 0.15) is 5.56 Å². The van der Waals surface area contributed by atoms with Crippen molar-refractivity contribution in [2.24, 2.45) is 0 Å². The molecule has 0 aliphatic rings. The molecule has 96 valence electrons. The topological polar surface area (TPSA) is 71.9 Å². The fourth-order valence-corrected chi connectivity index (χ4v) is 2.42. The maximum absolute atomic E-state index is 13.6. The molecule has 19 heavy (non-hydrogen) atoms. The third-order valence-electron chi connectivity index (χ3n) is 2.17. The van der Waals surface area contributed by atoms with Crippen molar-refractivity contribution in [1.82, 2.24) is 4.98 Å². The van der Waals surface area contributed by atoms with E-state index in [4.69, 9.17) is 15.7 Å². The van der Waals surface area contributed by atoms with Gasteiger partial charge in [-0.05, 0) is 56.7 Å². The molecule has 0 saturated carbocycles. The highest BCUT2D eigenvalue weighted by molar-refractivity contribution is 14.1. The highest BCUT2D eigenvalue weighted by Gasteiger charge is 2.13. The number of nitrogen functional groups attached to an aromatic ring is 1. The maximum Gasteiger partial charge on any atom is 0.256 e. The Morgan fingerprint density at radius 3 is 2.74 bits per heavy atom. The Bertz CT molecular complexity index is 664. The summed E-state index contributed by atoms with van der Waals surface area (Å²) in [5, 5.41) is 8.81. The first kappa shape index (κ1) is 14.0. The van der Waals surface area contributed by atoms with Crippen LogP contribution < -0.4 is 10.5 Å². The number of anilines is 1. The number of halogens is 3. The van der Waals surface area contributed by atoms with Crippen LogP contribution in [0.5, 0.6) is 11.6 Å². The lowest BCUT2D eigenvalue weighted by molar-refractivity contribution is 0.421. The van der Waals surface area contributed by atoms with Crippen LogP contribution in [0.25, 0.3) is 0 Å². The quantitative estimate of drug-likeness (QED) is 0.577. The van der Waals surface area contributed by atoms with E-state index in [1.165, 1.54) is 18.3 Å². The molecule has 2 aromatic rings. The lowest BCUT2D eigenvalue weighted by Crippen LogP contribution is -1.99. The molecule has 0 aliphatic carbocycles. The summed E-state index contributed by atoms with van der Waals surface area (Å²) < 4.78 is 20.1. The molecule has 0 radical (unpaired) electrons. The summed E-state index contributed by atoms with van der Waals surface area (Å²) in [6.45, 7) is 0. The third-order valence-corrected chi connectivity index (χ3v) is 3.41. The minimum Gasteiger partial charge on any atom is -0.433 e. The predicted octanol–water partition coefficient (Wildman–Crippen LogP) is 3.83. The zero-order valence-corrected chi connectivity index (χ0v) is 13.1. The van der Waals surface area contributed by atoms with Crippen LogP contribution in [0.15, 0.2) is 28.9 Å². The van der Waals surface area contributed by atoms with Gasteiger partial charge in [-0.15, -0.1) is 0 Å². The molecule has 4 nitrogen and oxygen atoms in total. The summed E-state index contributed by atoms with van der Waals surface area (Å²) in [6, 6.07) is 6.29. The highest BCUT2D eigenvalue weighted by atomic mass is 127. The number of nitrogens with zero attached hydrogens (tertiary/aromatic N) is 2. The van der Waals surface area contributed by atoms with Gasteiger partial charge < -0.3 is 10.5 Å². The van der Waals surface area contributed by atoms with Gasteiger partial charge in [0.2, 0.25) is 0 Å².